The quantitative estimate of drug-likeness (QED) is 0.896. The first-order valence-electron chi connectivity index (χ1n) is 6.11. The largest absolute Gasteiger partial charge is 0.478 e. The van der Waals surface area contributed by atoms with Gasteiger partial charge in [0.1, 0.15) is 17.3 Å². The number of nitrogens with one attached hydrogen (secondary N) is 1. The molecule has 0 aromatic carbocycles. The van der Waals surface area contributed by atoms with Crippen molar-refractivity contribution in [2.75, 3.05) is 5.32 Å². The zero-order chi connectivity index (χ0) is 14.9. The molecule has 2 N–H and O–H groups in total. The average Bonchev–Trinajstić information content (AvgIpc) is 2.70. The molecule has 0 saturated heterocycles. The molecule has 0 aliphatic carbocycles. The van der Waals surface area contributed by atoms with E-state index in [0.29, 0.717) is 5.82 Å². The van der Waals surface area contributed by atoms with Gasteiger partial charge in [-0.05, 0) is 32.9 Å². The van der Waals surface area contributed by atoms with Crippen LogP contribution in [0.4, 0.5) is 5.82 Å². The van der Waals surface area contributed by atoms with Gasteiger partial charge < -0.3 is 14.8 Å². The Morgan fingerprint density at radius 2 is 2.20 bits per heavy atom. The van der Waals surface area contributed by atoms with Crippen LogP contribution in [0.3, 0.4) is 0 Å². The van der Waals surface area contributed by atoms with Gasteiger partial charge in [0.2, 0.25) is 0 Å². The van der Waals surface area contributed by atoms with Crippen molar-refractivity contribution in [3.8, 4) is 0 Å². The second-order valence-corrected chi connectivity index (χ2v) is 4.94. The number of carboxylic acid groups (broad SMARTS) is 1. The van der Waals surface area contributed by atoms with E-state index in [1.54, 1.807) is 0 Å². The molecule has 0 amide bonds. The van der Waals surface area contributed by atoms with Gasteiger partial charge in [0.15, 0.2) is 0 Å². The minimum Gasteiger partial charge on any atom is -0.478 e. The van der Waals surface area contributed by atoms with Gasteiger partial charge in [0.05, 0.1) is 16.6 Å². The van der Waals surface area contributed by atoms with E-state index in [9.17, 15) is 4.79 Å². The molecular weight excluding hydrogens is 280 g/mol. The second-order valence-electron chi connectivity index (χ2n) is 4.56. The van der Waals surface area contributed by atoms with Crippen LogP contribution in [0, 0.1) is 13.8 Å². The number of pyridine rings is 1. The number of carboxylic acids is 1. The van der Waals surface area contributed by atoms with E-state index in [1.807, 2.05) is 26.8 Å². The predicted molar refractivity (Wildman–Crippen MR) is 76.4 cm³/mol. The lowest BCUT2D eigenvalue weighted by atomic mass is 10.1. The summed E-state index contributed by atoms with van der Waals surface area (Å²) in [7, 11) is 0. The summed E-state index contributed by atoms with van der Waals surface area (Å²) in [6.45, 7) is 5.69. The summed E-state index contributed by atoms with van der Waals surface area (Å²) < 4.78 is 5.48. The molecule has 106 valence electrons. The normalized spacial score (nSPS) is 12.2. The van der Waals surface area contributed by atoms with Gasteiger partial charge in [-0.15, -0.1) is 0 Å². The molecule has 1 unspecified atom stereocenters. The Labute approximate surface area is 121 Å². The molecule has 0 radical (unpaired) electrons. The van der Waals surface area contributed by atoms with Crippen LogP contribution < -0.4 is 5.32 Å². The number of aromatic nitrogens is 1. The standard InChI is InChI=1S/C14H15ClN2O3/c1-7-6-11(9(3)20-7)8(2)17-13-12(15)10(14(18)19)4-5-16-13/h4-6,8H,1-3H3,(H,16,17)(H,18,19). The number of furan rings is 1. The first-order chi connectivity index (χ1) is 9.40. The van der Waals surface area contributed by atoms with Gasteiger partial charge in [-0.2, -0.15) is 0 Å². The van der Waals surface area contributed by atoms with E-state index in [2.05, 4.69) is 10.3 Å². The van der Waals surface area contributed by atoms with Crippen molar-refractivity contribution in [2.24, 2.45) is 0 Å². The first kappa shape index (κ1) is 14.4. The molecule has 2 rings (SSSR count). The predicted octanol–water partition coefficient (Wildman–Crippen LogP) is 3.82. The van der Waals surface area contributed by atoms with Crippen molar-refractivity contribution in [3.05, 3.63) is 46.0 Å². The molecule has 0 aliphatic rings. The lowest BCUT2D eigenvalue weighted by Crippen LogP contribution is -2.10. The third kappa shape index (κ3) is 2.77. The van der Waals surface area contributed by atoms with Crippen LogP contribution in [0.15, 0.2) is 22.7 Å². The molecule has 0 aliphatic heterocycles. The van der Waals surface area contributed by atoms with Crippen molar-refractivity contribution < 1.29 is 14.3 Å². The van der Waals surface area contributed by atoms with Crippen LogP contribution in [-0.4, -0.2) is 16.1 Å². The van der Waals surface area contributed by atoms with Crippen molar-refractivity contribution in [3.63, 3.8) is 0 Å². The van der Waals surface area contributed by atoms with E-state index in [4.69, 9.17) is 21.1 Å². The molecule has 20 heavy (non-hydrogen) atoms. The summed E-state index contributed by atoms with van der Waals surface area (Å²) >= 11 is 6.05. The molecule has 5 nitrogen and oxygen atoms in total. The van der Waals surface area contributed by atoms with Gasteiger partial charge >= 0.3 is 5.97 Å². The highest BCUT2D eigenvalue weighted by Crippen LogP contribution is 2.29. The van der Waals surface area contributed by atoms with Crippen LogP contribution in [0.2, 0.25) is 5.02 Å². The summed E-state index contributed by atoms with van der Waals surface area (Å²) in [5, 5.41) is 12.2. The number of rotatable bonds is 4. The van der Waals surface area contributed by atoms with Crippen molar-refractivity contribution in [1.82, 2.24) is 4.98 Å². The second kappa shape index (κ2) is 5.54. The van der Waals surface area contributed by atoms with Crippen molar-refractivity contribution in [2.45, 2.75) is 26.8 Å². The zero-order valence-electron chi connectivity index (χ0n) is 11.4. The first-order valence-corrected chi connectivity index (χ1v) is 6.49. The SMILES string of the molecule is Cc1cc(C(C)Nc2nccc(C(=O)O)c2Cl)c(C)o1. The van der Waals surface area contributed by atoms with E-state index >= 15 is 0 Å². The van der Waals surface area contributed by atoms with Crippen LogP contribution in [-0.2, 0) is 0 Å². The average molecular weight is 295 g/mol. The lowest BCUT2D eigenvalue weighted by Gasteiger charge is -2.15. The van der Waals surface area contributed by atoms with Crippen molar-refractivity contribution >= 4 is 23.4 Å². The summed E-state index contributed by atoms with van der Waals surface area (Å²) in [5.41, 5.74) is 1.01. The number of aryl methyl sites for hydroxylation is 2. The number of hydrogen-bond donors (Lipinski definition) is 2. The molecular formula is C14H15ClN2O3. The fourth-order valence-corrected chi connectivity index (χ4v) is 2.32. The molecule has 2 aromatic rings. The maximum absolute atomic E-state index is 11.0. The number of anilines is 1. The smallest absolute Gasteiger partial charge is 0.337 e. The fraction of sp³-hybridized carbons (Fsp3) is 0.286. The molecule has 1 atom stereocenters. The minimum atomic E-state index is -1.08. The molecule has 0 bridgehead atoms. The van der Waals surface area contributed by atoms with E-state index < -0.39 is 5.97 Å². The number of nitrogens with zero attached hydrogens (tertiary/aromatic N) is 1. The molecule has 0 fully saturated rings. The molecule has 6 heteroatoms. The molecule has 2 aromatic heterocycles. The Bertz CT molecular complexity index is 652. The van der Waals surface area contributed by atoms with Gasteiger partial charge in [0, 0.05) is 11.8 Å². The maximum atomic E-state index is 11.0. The van der Waals surface area contributed by atoms with Crippen LogP contribution in [0.1, 0.15) is 40.4 Å². The van der Waals surface area contributed by atoms with Crippen LogP contribution in [0.5, 0.6) is 0 Å². The Hall–Kier alpha value is -2.01. The molecule has 0 saturated carbocycles. The van der Waals surface area contributed by atoms with Gasteiger partial charge in [0.25, 0.3) is 0 Å². The highest BCUT2D eigenvalue weighted by Gasteiger charge is 2.17. The lowest BCUT2D eigenvalue weighted by molar-refractivity contribution is 0.0697. The van der Waals surface area contributed by atoms with E-state index in [-0.39, 0.29) is 16.6 Å². The zero-order valence-corrected chi connectivity index (χ0v) is 12.2. The van der Waals surface area contributed by atoms with Crippen LogP contribution >= 0.6 is 11.6 Å². The topological polar surface area (TPSA) is 75.4 Å². The molecule has 2 heterocycles. The van der Waals surface area contributed by atoms with E-state index in [0.717, 1.165) is 17.1 Å². The highest BCUT2D eigenvalue weighted by molar-refractivity contribution is 6.35. The summed E-state index contributed by atoms with van der Waals surface area (Å²) in [4.78, 5) is 15.1. The highest BCUT2D eigenvalue weighted by atomic mass is 35.5. The van der Waals surface area contributed by atoms with E-state index in [1.165, 1.54) is 12.3 Å². The molecule has 0 spiro atoms. The number of hydrogen-bond acceptors (Lipinski definition) is 4. The van der Waals surface area contributed by atoms with Crippen LogP contribution in [0.25, 0.3) is 0 Å². The minimum absolute atomic E-state index is 0.0245. The van der Waals surface area contributed by atoms with Gasteiger partial charge in [-0.25, -0.2) is 9.78 Å². The number of aromatic carboxylic acids is 1. The summed E-state index contributed by atoms with van der Waals surface area (Å²) in [5.74, 6) is 0.901. The number of halogens is 1. The Morgan fingerprint density at radius 1 is 1.50 bits per heavy atom. The Balaban J connectivity index is 2.28. The van der Waals surface area contributed by atoms with Gasteiger partial charge in [-0.1, -0.05) is 11.6 Å². The Morgan fingerprint density at radius 3 is 2.75 bits per heavy atom. The Kier molecular flexibility index (Phi) is 3.99. The maximum Gasteiger partial charge on any atom is 0.337 e. The summed E-state index contributed by atoms with van der Waals surface area (Å²) in [6, 6.07) is 3.21. The van der Waals surface area contributed by atoms with Crippen molar-refractivity contribution in [1.29, 1.82) is 0 Å². The number of carbonyl (C=O) groups is 1. The van der Waals surface area contributed by atoms with Gasteiger partial charge in [-0.3, -0.25) is 0 Å². The summed E-state index contributed by atoms with van der Waals surface area (Å²) in [6.07, 6.45) is 1.41. The monoisotopic (exact) mass is 294 g/mol. The fourth-order valence-electron chi connectivity index (χ4n) is 2.07. The third-order valence-electron chi connectivity index (χ3n) is 3.02. The third-order valence-corrected chi connectivity index (χ3v) is 3.40.